The van der Waals surface area contributed by atoms with Crippen LogP contribution in [0.15, 0.2) is 18.2 Å². The van der Waals surface area contributed by atoms with Gasteiger partial charge in [-0.2, -0.15) is 0 Å². The number of methoxy groups -OCH3 is 1. The van der Waals surface area contributed by atoms with E-state index in [2.05, 4.69) is 5.32 Å². The third-order valence-electron chi connectivity index (χ3n) is 3.66. The van der Waals surface area contributed by atoms with E-state index in [9.17, 15) is 9.59 Å². The summed E-state index contributed by atoms with van der Waals surface area (Å²) in [6, 6.07) is 3.34. The van der Waals surface area contributed by atoms with E-state index in [4.69, 9.17) is 25.8 Å². The van der Waals surface area contributed by atoms with Gasteiger partial charge in [0, 0.05) is 11.6 Å². The predicted octanol–water partition coefficient (Wildman–Crippen LogP) is 3.61. The molecule has 1 rings (SSSR count). The number of amides is 1. The molecular weight excluding hydrogens is 358 g/mol. The predicted molar refractivity (Wildman–Crippen MR) is 102 cm³/mol. The largest absolute Gasteiger partial charge is 0.493 e. The zero-order valence-corrected chi connectivity index (χ0v) is 16.6. The average molecular weight is 384 g/mol. The summed E-state index contributed by atoms with van der Waals surface area (Å²) in [7, 11) is 1.51. The number of ether oxygens (including phenoxy) is 3. The highest BCUT2D eigenvalue weighted by atomic mass is 35.5. The molecule has 0 aromatic heterocycles. The lowest BCUT2D eigenvalue weighted by molar-refractivity contribution is -0.144. The summed E-state index contributed by atoms with van der Waals surface area (Å²) in [5.74, 6) is -0.0528. The molecular formula is C19H26ClNO5. The standard InChI is InChI=1S/C19H26ClNO5/c1-6-19(3,4)21-16(22)12-26-17(23)9-8-13-10-14(20)18(25-7-2)15(11-13)24-5/h8-11H,6-7,12H2,1-5H3,(H,21,22)/b9-8+. The second-order valence-corrected chi connectivity index (χ2v) is 6.60. The molecule has 1 aromatic rings. The fourth-order valence-electron chi connectivity index (χ4n) is 1.97. The van der Waals surface area contributed by atoms with Crippen LogP contribution in [0.2, 0.25) is 5.02 Å². The van der Waals surface area contributed by atoms with E-state index in [0.29, 0.717) is 28.7 Å². The van der Waals surface area contributed by atoms with E-state index >= 15 is 0 Å². The van der Waals surface area contributed by atoms with Gasteiger partial charge >= 0.3 is 5.97 Å². The number of halogens is 1. The van der Waals surface area contributed by atoms with Crippen LogP contribution in [0.5, 0.6) is 11.5 Å². The number of hydrogen-bond acceptors (Lipinski definition) is 5. The Kier molecular flexibility index (Phi) is 8.45. The maximum absolute atomic E-state index is 11.8. The van der Waals surface area contributed by atoms with Crippen molar-refractivity contribution >= 4 is 29.6 Å². The van der Waals surface area contributed by atoms with Gasteiger partial charge in [0.15, 0.2) is 18.1 Å². The lowest BCUT2D eigenvalue weighted by atomic mass is 10.0. The van der Waals surface area contributed by atoms with Crippen LogP contribution in [0.1, 0.15) is 39.7 Å². The van der Waals surface area contributed by atoms with Gasteiger partial charge in [-0.1, -0.05) is 18.5 Å². The van der Waals surface area contributed by atoms with Crippen LogP contribution in [0, 0.1) is 0 Å². The molecule has 1 N–H and O–H groups in total. The third kappa shape index (κ3) is 6.96. The van der Waals surface area contributed by atoms with Crippen molar-refractivity contribution in [1.29, 1.82) is 0 Å². The molecule has 0 radical (unpaired) electrons. The Labute approximate surface area is 159 Å². The topological polar surface area (TPSA) is 73.9 Å². The quantitative estimate of drug-likeness (QED) is 0.521. The van der Waals surface area contributed by atoms with E-state index in [1.165, 1.54) is 19.3 Å². The first-order chi connectivity index (χ1) is 12.2. The van der Waals surface area contributed by atoms with Gasteiger partial charge in [-0.15, -0.1) is 0 Å². The van der Waals surface area contributed by atoms with Crippen LogP contribution in [0.25, 0.3) is 6.08 Å². The minimum absolute atomic E-state index is 0.333. The summed E-state index contributed by atoms with van der Waals surface area (Å²) in [5.41, 5.74) is 0.304. The fourth-order valence-corrected chi connectivity index (χ4v) is 2.25. The molecule has 1 aromatic carbocycles. The van der Waals surface area contributed by atoms with Gasteiger partial charge in [-0.3, -0.25) is 4.79 Å². The maximum atomic E-state index is 11.8. The molecule has 0 aliphatic carbocycles. The molecule has 144 valence electrons. The summed E-state index contributed by atoms with van der Waals surface area (Å²) < 4.78 is 15.6. The van der Waals surface area contributed by atoms with Gasteiger partial charge in [0.05, 0.1) is 18.7 Å². The number of nitrogens with one attached hydrogen (secondary N) is 1. The normalized spacial score (nSPS) is 11.3. The highest BCUT2D eigenvalue weighted by Crippen LogP contribution is 2.36. The molecule has 6 nitrogen and oxygen atoms in total. The molecule has 26 heavy (non-hydrogen) atoms. The van der Waals surface area contributed by atoms with Crippen molar-refractivity contribution in [3.05, 3.63) is 28.8 Å². The number of hydrogen-bond donors (Lipinski definition) is 1. The molecule has 0 heterocycles. The molecule has 0 unspecified atom stereocenters. The van der Waals surface area contributed by atoms with E-state index < -0.39 is 5.97 Å². The Morgan fingerprint density at radius 2 is 1.96 bits per heavy atom. The summed E-state index contributed by atoms with van der Waals surface area (Å²) in [6.07, 6.45) is 3.52. The van der Waals surface area contributed by atoms with E-state index in [0.717, 1.165) is 6.42 Å². The van der Waals surface area contributed by atoms with Gasteiger partial charge < -0.3 is 19.5 Å². The van der Waals surface area contributed by atoms with Crippen LogP contribution in [-0.4, -0.2) is 37.7 Å². The molecule has 0 bridgehead atoms. The summed E-state index contributed by atoms with van der Waals surface area (Å²) in [6.45, 7) is 7.72. The fraction of sp³-hybridized carbons (Fsp3) is 0.474. The number of carbonyl (C=O) groups excluding carboxylic acids is 2. The van der Waals surface area contributed by atoms with Gasteiger partial charge in [-0.05, 0) is 51.0 Å². The second kappa shape index (κ2) is 10.1. The van der Waals surface area contributed by atoms with E-state index in [1.54, 1.807) is 12.1 Å². The van der Waals surface area contributed by atoms with Crippen molar-refractivity contribution in [1.82, 2.24) is 5.32 Å². The highest BCUT2D eigenvalue weighted by molar-refractivity contribution is 6.32. The Morgan fingerprint density at radius 3 is 2.54 bits per heavy atom. The molecule has 0 spiro atoms. The number of esters is 1. The van der Waals surface area contributed by atoms with Gasteiger partial charge in [0.1, 0.15) is 0 Å². The third-order valence-corrected chi connectivity index (χ3v) is 3.94. The SMILES string of the molecule is CCOc1c(Cl)cc(/C=C/C(=O)OCC(=O)NC(C)(C)CC)cc1OC. The summed E-state index contributed by atoms with van der Waals surface area (Å²) in [5, 5.41) is 3.16. The van der Waals surface area contributed by atoms with Gasteiger partial charge in [0.2, 0.25) is 0 Å². The molecule has 7 heteroatoms. The Morgan fingerprint density at radius 1 is 1.27 bits per heavy atom. The summed E-state index contributed by atoms with van der Waals surface area (Å²) >= 11 is 6.18. The monoisotopic (exact) mass is 383 g/mol. The van der Waals surface area contributed by atoms with Crippen LogP contribution >= 0.6 is 11.6 Å². The smallest absolute Gasteiger partial charge is 0.331 e. The zero-order chi connectivity index (χ0) is 19.7. The molecule has 0 aliphatic rings. The molecule has 1 amide bonds. The minimum atomic E-state index is -0.626. The van der Waals surface area contributed by atoms with E-state index in [1.807, 2.05) is 27.7 Å². The minimum Gasteiger partial charge on any atom is -0.493 e. The molecule has 0 aliphatic heterocycles. The summed E-state index contributed by atoms with van der Waals surface area (Å²) in [4.78, 5) is 23.5. The first-order valence-electron chi connectivity index (χ1n) is 8.38. The lowest BCUT2D eigenvalue weighted by Gasteiger charge is -2.24. The molecule has 0 fully saturated rings. The molecule has 0 saturated carbocycles. The van der Waals surface area contributed by atoms with Crippen LogP contribution in [0.3, 0.4) is 0 Å². The second-order valence-electron chi connectivity index (χ2n) is 6.19. The Hall–Kier alpha value is -2.21. The van der Waals surface area contributed by atoms with Crippen molar-refractivity contribution in [3.63, 3.8) is 0 Å². The molecule has 0 saturated heterocycles. The van der Waals surface area contributed by atoms with Crippen molar-refractivity contribution < 1.29 is 23.8 Å². The zero-order valence-electron chi connectivity index (χ0n) is 15.8. The average Bonchev–Trinajstić information content (AvgIpc) is 2.59. The Balaban J connectivity index is 2.68. The van der Waals surface area contributed by atoms with Gasteiger partial charge in [0.25, 0.3) is 5.91 Å². The van der Waals surface area contributed by atoms with Crippen LogP contribution < -0.4 is 14.8 Å². The lowest BCUT2D eigenvalue weighted by Crippen LogP contribution is -2.44. The number of carbonyl (C=O) groups is 2. The van der Waals surface area contributed by atoms with E-state index in [-0.39, 0.29) is 18.1 Å². The van der Waals surface area contributed by atoms with Crippen LogP contribution in [0.4, 0.5) is 0 Å². The maximum Gasteiger partial charge on any atom is 0.331 e. The van der Waals surface area contributed by atoms with Crippen molar-refractivity contribution in [3.8, 4) is 11.5 Å². The van der Waals surface area contributed by atoms with Crippen LogP contribution in [-0.2, 0) is 14.3 Å². The first kappa shape index (κ1) is 21.8. The highest BCUT2D eigenvalue weighted by Gasteiger charge is 2.18. The van der Waals surface area contributed by atoms with Crippen molar-refractivity contribution in [2.75, 3.05) is 20.3 Å². The number of benzene rings is 1. The van der Waals surface area contributed by atoms with Crippen molar-refractivity contribution in [2.45, 2.75) is 39.7 Å². The van der Waals surface area contributed by atoms with Gasteiger partial charge in [-0.25, -0.2) is 4.79 Å². The number of rotatable bonds is 9. The van der Waals surface area contributed by atoms with Crippen molar-refractivity contribution in [2.24, 2.45) is 0 Å². The molecule has 0 atom stereocenters. The first-order valence-corrected chi connectivity index (χ1v) is 8.76. The Bertz CT molecular complexity index is 670.